The Hall–Kier alpha value is -3.20. The maximum absolute atomic E-state index is 15.0. The van der Waals surface area contributed by atoms with Gasteiger partial charge in [0.05, 0.1) is 24.1 Å². The fourth-order valence-corrected chi connectivity index (χ4v) is 4.80. The Bertz CT molecular complexity index is 1110. The van der Waals surface area contributed by atoms with Crippen molar-refractivity contribution in [2.24, 2.45) is 11.8 Å². The van der Waals surface area contributed by atoms with Crippen molar-refractivity contribution in [3.05, 3.63) is 34.9 Å². The van der Waals surface area contributed by atoms with Crippen molar-refractivity contribution in [2.45, 2.75) is 38.4 Å². The molecule has 0 spiro atoms. The molecular formula is C22H27FN6O4. The lowest BCUT2D eigenvalue weighted by Gasteiger charge is -2.44. The van der Waals surface area contributed by atoms with Crippen molar-refractivity contribution in [3.63, 3.8) is 0 Å². The van der Waals surface area contributed by atoms with E-state index in [9.17, 15) is 20.1 Å². The fraction of sp³-hybridized carbons (Fsp3) is 0.500. The van der Waals surface area contributed by atoms with E-state index in [0.717, 1.165) is 0 Å². The summed E-state index contributed by atoms with van der Waals surface area (Å²) in [7, 11) is 1.41. The van der Waals surface area contributed by atoms with Crippen LogP contribution in [0.4, 0.5) is 4.39 Å². The van der Waals surface area contributed by atoms with Gasteiger partial charge in [0.1, 0.15) is 24.0 Å². The molecule has 2 fully saturated rings. The number of fused-ring (bicyclic) bond motifs is 1. The van der Waals surface area contributed by atoms with Gasteiger partial charge in [-0.05, 0) is 25.0 Å². The number of hydrogen-bond acceptors (Lipinski definition) is 6. The van der Waals surface area contributed by atoms with E-state index in [4.69, 9.17) is 4.74 Å². The molecule has 4 N–H and O–H groups in total. The molecule has 0 bridgehead atoms. The van der Waals surface area contributed by atoms with Gasteiger partial charge in [0.25, 0.3) is 5.91 Å². The van der Waals surface area contributed by atoms with Crippen molar-refractivity contribution < 1.29 is 23.5 Å². The second-order valence-electron chi connectivity index (χ2n) is 8.83. The molecule has 0 radical (unpaired) electrons. The van der Waals surface area contributed by atoms with Gasteiger partial charge in [-0.25, -0.2) is 4.39 Å². The van der Waals surface area contributed by atoms with Gasteiger partial charge in [0.2, 0.25) is 5.91 Å². The molecule has 1 aromatic heterocycles. The summed E-state index contributed by atoms with van der Waals surface area (Å²) in [6.07, 6.45) is 0.247. The van der Waals surface area contributed by atoms with Gasteiger partial charge in [-0.2, -0.15) is 5.26 Å². The lowest BCUT2D eigenvalue weighted by atomic mass is 9.99. The number of aromatic nitrogens is 1. The van der Waals surface area contributed by atoms with E-state index in [1.807, 2.05) is 6.92 Å². The molecule has 0 aliphatic carbocycles. The Morgan fingerprint density at radius 2 is 2.27 bits per heavy atom. The van der Waals surface area contributed by atoms with Crippen LogP contribution in [0.25, 0.3) is 10.9 Å². The van der Waals surface area contributed by atoms with Crippen molar-refractivity contribution in [1.29, 1.82) is 5.26 Å². The van der Waals surface area contributed by atoms with Crippen LogP contribution >= 0.6 is 0 Å². The van der Waals surface area contributed by atoms with Crippen LogP contribution in [0.15, 0.2) is 18.2 Å². The average Bonchev–Trinajstić information content (AvgIpc) is 3.43. The van der Waals surface area contributed by atoms with Gasteiger partial charge >= 0.3 is 0 Å². The lowest BCUT2D eigenvalue weighted by Crippen LogP contribution is -2.64. The topological polar surface area (TPSA) is 142 Å². The number of nitriles is 1. The van der Waals surface area contributed by atoms with Crippen LogP contribution in [0.5, 0.6) is 5.75 Å². The third kappa shape index (κ3) is 4.37. The van der Waals surface area contributed by atoms with E-state index in [1.54, 1.807) is 18.2 Å². The van der Waals surface area contributed by atoms with E-state index in [-0.39, 0.29) is 41.8 Å². The zero-order valence-electron chi connectivity index (χ0n) is 18.5. The molecule has 3 heterocycles. The van der Waals surface area contributed by atoms with Crippen LogP contribution in [-0.4, -0.2) is 54.0 Å². The summed E-state index contributed by atoms with van der Waals surface area (Å²) < 4.78 is 19.2. The summed E-state index contributed by atoms with van der Waals surface area (Å²) in [5, 5.41) is 28.7. The number of amides is 2. The number of ether oxygens (including phenoxy) is 1. The molecule has 2 saturated heterocycles. The maximum atomic E-state index is 15.0. The number of nitrogens with one attached hydrogen (secondary N) is 4. The van der Waals surface area contributed by atoms with Gasteiger partial charge in [-0.1, -0.05) is 13.0 Å². The minimum Gasteiger partial charge on any atom is -0.610 e. The number of hydrogen-bond donors (Lipinski definition) is 4. The Morgan fingerprint density at radius 1 is 1.48 bits per heavy atom. The molecule has 176 valence electrons. The Labute approximate surface area is 190 Å². The molecule has 11 heteroatoms. The smallest absolute Gasteiger partial charge is 0.275 e. The second-order valence-corrected chi connectivity index (χ2v) is 8.83. The predicted molar refractivity (Wildman–Crippen MR) is 117 cm³/mol. The molecule has 5 atom stereocenters. The fourth-order valence-electron chi connectivity index (χ4n) is 4.80. The highest BCUT2D eigenvalue weighted by Gasteiger charge is 2.43. The summed E-state index contributed by atoms with van der Waals surface area (Å²) in [5.41, 5.74) is 2.90. The van der Waals surface area contributed by atoms with Gasteiger partial charge in [0.15, 0.2) is 12.0 Å². The number of rotatable bonds is 7. The highest BCUT2D eigenvalue weighted by Crippen LogP contribution is 2.31. The minimum absolute atomic E-state index is 0.0397. The average molecular weight is 458 g/mol. The largest absolute Gasteiger partial charge is 0.610 e. The second kappa shape index (κ2) is 8.97. The van der Waals surface area contributed by atoms with E-state index in [1.165, 1.54) is 7.11 Å². The summed E-state index contributed by atoms with van der Waals surface area (Å²) in [6, 6.07) is 6.09. The third-order valence-electron chi connectivity index (χ3n) is 6.39. The number of quaternary nitrogens is 1. The highest BCUT2D eigenvalue weighted by molar-refractivity contribution is 6.00. The number of methoxy groups -OCH3 is 1. The molecule has 2 amide bonds. The number of benzene rings is 1. The normalized spacial score (nSPS) is 27.8. The summed E-state index contributed by atoms with van der Waals surface area (Å²) in [6.45, 7) is 2.55. The Kier molecular flexibility index (Phi) is 6.25. The van der Waals surface area contributed by atoms with Crippen LogP contribution in [0.2, 0.25) is 0 Å². The number of aromatic amines is 1. The molecule has 2 unspecified atom stereocenters. The van der Waals surface area contributed by atoms with E-state index < -0.39 is 28.7 Å². The summed E-state index contributed by atoms with van der Waals surface area (Å²) in [5.74, 6) is -1.73. The standard InChI is InChI=1S/C22H27FN6O4/c1-12-8-17(29(32,11-12)28-14(10-24)9-13-6-7-25-21(13)30)27-22(31)20-19(23)18-15(26-20)4-3-5-16(18)33-2/h3-5,12-14,17,26,28H,6-9,11H2,1-2H3,(H,25,30)(H,27,31)/t12?,13-,14-,17-,29?/m0/s1. The van der Waals surface area contributed by atoms with Crippen molar-refractivity contribution in [2.75, 3.05) is 20.2 Å². The number of carbonyl (C=O) groups excluding carboxylic acids is 2. The zero-order valence-corrected chi connectivity index (χ0v) is 18.5. The van der Waals surface area contributed by atoms with Gasteiger partial charge in [-0.15, -0.1) is 5.43 Å². The zero-order chi connectivity index (χ0) is 23.8. The Morgan fingerprint density at radius 3 is 2.94 bits per heavy atom. The molecular weight excluding hydrogens is 431 g/mol. The Balaban J connectivity index is 1.52. The van der Waals surface area contributed by atoms with Crippen LogP contribution in [0, 0.1) is 34.2 Å². The van der Waals surface area contributed by atoms with Gasteiger partial charge in [-0.3, -0.25) is 19.7 Å². The van der Waals surface area contributed by atoms with Crippen LogP contribution in [0.3, 0.4) is 0 Å². The van der Waals surface area contributed by atoms with Crippen molar-refractivity contribution in [3.8, 4) is 11.8 Å². The predicted octanol–water partition coefficient (Wildman–Crippen LogP) is 1.65. The lowest BCUT2D eigenvalue weighted by molar-refractivity contribution is -0.940. The first-order chi connectivity index (χ1) is 15.8. The monoisotopic (exact) mass is 458 g/mol. The molecule has 10 nitrogen and oxygen atoms in total. The van der Waals surface area contributed by atoms with Crippen LogP contribution < -0.4 is 20.8 Å². The molecule has 1 aromatic carbocycles. The van der Waals surface area contributed by atoms with E-state index in [2.05, 4.69) is 27.1 Å². The quantitative estimate of drug-likeness (QED) is 0.367. The molecule has 2 aliphatic rings. The molecule has 33 heavy (non-hydrogen) atoms. The summed E-state index contributed by atoms with van der Waals surface area (Å²) in [4.78, 5) is 27.6. The number of H-pyrrole nitrogens is 1. The van der Waals surface area contributed by atoms with E-state index >= 15 is 4.39 Å². The molecule has 2 aliphatic heterocycles. The maximum Gasteiger partial charge on any atom is 0.275 e. The number of nitrogens with zero attached hydrogens (tertiary/aromatic N) is 2. The molecule has 4 rings (SSSR count). The van der Waals surface area contributed by atoms with Crippen LogP contribution in [0.1, 0.15) is 36.7 Å². The first kappa shape index (κ1) is 23.0. The SMILES string of the molecule is COc1cccc2[nH]c(C(=O)N[C@@H]3CC(C)C[N+]3([O-])N[C@H](C#N)C[C@@H]3CCNC3=O)c(F)c12. The first-order valence-corrected chi connectivity index (χ1v) is 10.9. The van der Waals surface area contributed by atoms with Crippen molar-refractivity contribution in [1.82, 2.24) is 21.0 Å². The molecule has 2 aromatic rings. The molecule has 0 saturated carbocycles. The number of carbonyl (C=O) groups is 2. The van der Waals surface area contributed by atoms with Crippen molar-refractivity contribution >= 4 is 22.7 Å². The van der Waals surface area contributed by atoms with Crippen LogP contribution in [-0.2, 0) is 4.79 Å². The first-order valence-electron chi connectivity index (χ1n) is 10.9. The van der Waals surface area contributed by atoms with E-state index in [0.29, 0.717) is 30.7 Å². The number of hydroxylamine groups is 2. The number of halogens is 1. The van der Waals surface area contributed by atoms with Gasteiger partial charge < -0.3 is 20.2 Å². The minimum atomic E-state index is -1.02. The van der Waals surface area contributed by atoms with Gasteiger partial charge in [0, 0.05) is 24.8 Å². The third-order valence-corrected chi connectivity index (χ3v) is 6.39. The highest BCUT2D eigenvalue weighted by atomic mass is 19.1. The summed E-state index contributed by atoms with van der Waals surface area (Å²) >= 11 is 0.